The molecule has 0 amide bonds. The van der Waals surface area contributed by atoms with Crippen LogP contribution in [0.15, 0.2) is 18.2 Å². The van der Waals surface area contributed by atoms with E-state index in [0.29, 0.717) is 12.2 Å². The molecule has 0 saturated heterocycles. The Morgan fingerprint density at radius 1 is 1.09 bits per heavy atom. The second-order valence-corrected chi connectivity index (χ2v) is 7.45. The Balaban J connectivity index is 2.78. The van der Waals surface area contributed by atoms with Gasteiger partial charge in [0.05, 0.1) is 6.10 Å². The van der Waals surface area contributed by atoms with Gasteiger partial charge in [-0.05, 0) is 48.3 Å². The van der Waals surface area contributed by atoms with Crippen LogP contribution in [0.1, 0.15) is 90.2 Å². The molecule has 1 rings (SSSR count). The third-order valence-electron chi connectivity index (χ3n) is 4.69. The molecule has 0 heterocycles. The van der Waals surface area contributed by atoms with Crippen molar-refractivity contribution >= 4 is 0 Å². The first-order valence-electron chi connectivity index (χ1n) is 8.79. The summed E-state index contributed by atoms with van der Waals surface area (Å²) in [5.74, 6) is 0.536. The van der Waals surface area contributed by atoms with Crippen molar-refractivity contribution in [1.82, 2.24) is 0 Å². The normalized spacial score (nSPS) is 14.8. The summed E-state index contributed by atoms with van der Waals surface area (Å²) in [7, 11) is 0. The molecule has 126 valence electrons. The topological polar surface area (TPSA) is 40.5 Å². The molecule has 0 saturated carbocycles. The average Bonchev–Trinajstić information content (AvgIpc) is 2.42. The van der Waals surface area contributed by atoms with Gasteiger partial charge in [-0.3, -0.25) is 0 Å². The lowest BCUT2D eigenvalue weighted by molar-refractivity contribution is 0.176. The molecule has 0 aromatic heterocycles. The van der Waals surface area contributed by atoms with E-state index in [2.05, 4.69) is 33.8 Å². The van der Waals surface area contributed by atoms with Crippen molar-refractivity contribution in [3.8, 4) is 5.75 Å². The second kappa shape index (κ2) is 8.57. The lowest BCUT2D eigenvalue weighted by Gasteiger charge is -2.26. The monoisotopic (exact) mass is 306 g/mol. The zero-order valence-electron chi connectivity index (χ0n) is 15.0. The Labute approximate surface area is 136 Å². The predicted molar refractivity (Wildman–Crippen MR) is 94.6 cm³/mol. The lowest BCUT2D eigenvalue weighted by atomic mass is 9.79. The summed E-state index contributed by atoms with van der Waals surface area (Å²) in [6, 6.07) is 6.10. The highest BCUT2D eigenvalue weighted by atomic mass is 16.3. The van der Waals surface area contributed by atoms with Gasteiger partial charge in [-0.15, -0.1) is 0 Å². The smallest absolute Gasteiger partial charge is 0.119 e. The van der Waals surface area contributed by atoms with E-state index in [0.717, 1.165) is 12.0 Å². The number of benzene rings is 1. The van der Waals surface area contributed by atoms with Crippen LogP contribution >= 0.6 is 0 Å². The van der Waals surface area contributed by atoms with Crippen LogP contribution in [-0.2, 0) is 5.41 Å². The van der Waals surface area contributed by atoms with E-state index in [-0.39, 0.29) is 17.4 Å². The fourth-order valence-corrected chi connectivity index (χ4v) is 3.16. The van der Waals surface area contributed by atoms with Crippen LogP contribution in [0.5, 0.6) is 5.75 Å². The van der Waals surface area contributed by atoms with Gasteiger partial charge in [-0.25, -0.2) is 0 Å². The average molecular weight is 306 g/mol. The van der Waals surface area contributed by atoms with Crippen molar-refractivity contribution in [2.24, 2.45) is 0 Å². The van der Waals surface area contributed by atoms with Crippen LogP contribution in [0.4, 0.5) is 0 Å². The maximum Gasteiger partial charge on any atom is 0.119 e. The van der Waals surface area contributed by atoms with Crippen LogP contribution in [0.3, 0.4) is 0 Å². The van der Waals surface area contributed by atoms with Crippen LogP contribution in [0.25, 0.3) is 0 Å². The molecule has 0 unspecified atom stereocenters. The number of unbranched alkanes of at least 4 members (excludes halogenated alkanes) is 3. The molecular weight excluding hydrogens is 272 g/mol. The number of aromatic hydroxyl groups is 1. The summed E-state index contributed by atoms with van der Waals surface area (Å²) >= 11 is 0. The maximum atomic E-state index is 10.4. The molecule has 0 fully saturated rings. The van der Waals surface area contributed by atoms with E-state index in [1.807, 2.05) is 12.1 Å². The van der Waals surface area contributed by atoms with Crippen molar-refractivity contribution in [2.75, 3.05) is 0 Å². The Morgan fingerprint density at radius 2 is 1.77 bits per heavy atom. The molecule has 0 aliphatic heterocycles. The largest absolute Gasteiger partial charge is 0.508 e. The van der Waals surface area contributed by atoms with Gasteiger partial charge >= 0.3 is 0 Å². The zero-order chi connectivity index (χ0) is 16.8. The maximum absolute atomic E-state index is 10.4. The number of aliphatic hydroxyl groups is 1. The van der Waals surface area contributed by atoms with Crippen LogP contribution < -0.4 is 0 Å². The van der Waals surface area contributed by atoms with E-state index in [1.54, 1.807) is 6.92 Å². The van der Waals surface area contributed by atoms with Crippen molar-refractivity contribution < 1.29 is 10.2 Å². The summed E-state index contributed by atoms with van der Waals surface area (Å²) in [5, 5.41) is 19.9. The number of hydrogen-bond acceptors (Lipinski definition) is 2. The molecule has 1 aromatic rings. The van der Waals surface area contributed by atoms with Crippen LogP contribution in [0, 0.1) is 0 Å². The number of aliphatic hydroxyl groups excluding tert-OH is 1. The van der Waals surface area contributed by atoms with Gasteiger partial charge in [0, 0.05) is 0 Å². The lowest BCUT2D eigenvalue weighted by Crippen LogP contribution is -2.17. The molecule has 2 atom stereocenters. The molecule has 22 heavy (non-hydrogen) atoms. The highest BCUT2D eigenvalue weighted by Crippen LogP contribution is 2.35. The van der Waals surface area contributed by atoms with Crippen LogP contribution in [-0.4, -0.2) is 16.3 Å². The highest BCUT2D eigenvalue weighted by molar-refractivity contribution is 5.41. The first kappa shape index (κ1) is 19.0. The number of phenols is 1. The zero-order valence-corrected chi connectivity index (χ0v) is 15.0. The molecule has 1 aromatic carbocycles. The quantitative estimate of drug-likeness (QED) is 0.590. The minimum absolute atomic E-state index is 0.0945. The Bertz CT molecular complexity index is 449. The molecular formula is C20H34O2. The van der Waals surface area contributed by atoms with E-state index in [9.17, 15) is 10.2 Å². The predicted octanol–water partition coefficient (Wildman–Crippen LogP) is 5.51. The fraction of sp³-hybridized carbons (Fsp3) is 0.700. The van der Waals surface area contributed by atoms with E-state index in [1.165, 1.54) is 31.2 Å². The van der Waals surface area contributed by atoms with Gasteiger partial charge in [-0.2, -0.15) is 0 Å². The molecule has 2 nitrogen and oxygen atoms in total. The van der Waals surface area contributed by atoms with Gasteiger partial charge in [0.25, 0.3) is 0 Å². The molecule has 0 radical (unpaired) electrons. The van der Waals surface area contributed by atoms with Crippen molar-refractivity contribution in [3.05, 3.63) is 29.3 Å². The number of rotatable bonds is 9. The molecule has 2 N–H and O–H groups in total. The standard InChI is InChI=1S/C20H34O2/c1-6-7-8-9-12-20(4,5)17-10-11-18(19(22)14-17)15(2)13-16(3)21/h10-11,14-16,21-22H,6-9,12-13H2,1-5H3/t15-,16+/m0/s1. The Hall–Kier alpha value is -1.02. The van der Waals surface area contributed by atoms with Crippen molar-refractivity contribution in [3.63, 3.8) is 0 Å². The third-order valence-corrected chi connectivity index (χ3v) is 4.69. The molecule has 0 aliphatic carbocycles. The summed E-state index contributed by atoms with van der Waals surface area (Å²) in [4.78, 5) is 0. The second-order valence-electron chi connectivity index (χ2n) is 7.45. The Morgan fingerprint density at radius 3 is 2.32 bits per heavy atom. The third kappa shape index (κ3) is 5.64. The van der Waals surface area contributed by atoms with Crippen LogP contribution in [0.2, 0.25) is 0 Å². The minimum atomic E-state index is -0.343. The fourth-order valence-electron chi connectivity index (χ4n) is 3.16. The Kier molecular flexibility index (Phi) is 7.41. The highest BCUT2D eigenvalue weighted by Gasteiger charge is 2.22. The minimum Gasteiger partial charge on any atom is -0.508 e. The van der Waals surface area contributed by atoms with Gasteiger partial charge in [-0.1, -0.05) is 65.5 Å². The summed E-state index contributed by atoms with van der Waals surface area (Å²) in [5.41, 5.74) is 2.23. The first-order valence-corrected chi connectivity index (χ1v) is 8.79. The van der Waals surface area contributed by atoms with Crippen molar-refractivity contribution in [2.45, 2.75) is 90.6 Å². The van der Waals surface area contributed by atoms with Gasteiger partial charge in [0.1, 0.15) is 5.75 Å². The molecule has 0 aliphatic rings. The van der Waals surface area contributed by atoms with E-state index < -0.39 is 0 Å². The first-order chi connectivity index (χ1) is 10.3. The summed E-state index contributed by atoms with van der Waals surface area (Å²) in [6.07, 6.45) is 6.57. The van der Waals surface area contributed by atoms with Crippen molar-refractivity contribution in [1.29, 1.82) is 0 Å². The summed E-state index contributed by atoms with van der Waals surface area (Å²) in [6.45, 7) is 10.6. The molecule has 0 bridgehead atoms. The van der Waals surface area contributed by atoms with Gasteiger partial charge < -0.3 is 10.2 Å². The van der Waals surface area contributed by atoms with E-state index >= 15 is 0 Å². The molecule has 2 heteroatoms. The van der Waals surface area contributed by atoms with Gasteiger partial charge in [0.15, 0.2) is 0 Å². The van der Waals surface area contributed by atoms with Gasteiger partial charge in [0.2, 0.25) is 0 Å². The SMILES string of the molecule is CCCCCCC(C)(C)c1ccc([C@@H](C)C[C@@H](C)O)c(O)c1. The molecule has 0 spiro atoms. The van der Waals surface area contributed by atoms with E-state index in [4.69, 9.17) is 0 Å². The number of hydrogen-bond donors (Lipinski definition) is 2. The number of phenolic OH excluding ortho intramolecular Hbond substituents is 1. The summed E-state index contributed by atoms with van der Waals surface area (Å²) < 4.78 is 0.